The number of halogens is 1. The molecule has 0 atom stereocenters. The zero-order valence-electron chi connectivity index (χ0n) is 11.1. The van der Waals surface area contributed by atoms with Gasteiger partial charge in [-0.25, -0.2) is 4.98 Å². The van der Waals surface area contributed by atoms with Crippen LogP contribution in [0.15, 0.2) is 40.9 Å². The summed E-state index contributed by atoms with van der Waals surface area (Å²) in [6.07, 6.45) is 0. The smallest absolute Gasteiger partial charge is 0.128 e. The molecule has 0 aliphatic rings. The molecule has 0 amide bonds. The van der Waals surface area contributed by atoms with Gasteiger partial charge in [0.1, 0.15) is 5.82 Å². The number of nitrogens with zero attached hydrogens (tertiary/aromatic N) is 2. The Morgan fingerprint density at radius 3 is 2.53 bits per heavy atom. The van der Waals surface area contributed by atoms with Gasteiger partial charge in [-0.15, -0.1) is 0 Å². The third-order valence-corrected chi connectivity index (χ3v) is 3.88. The van der Waals surface area contributed by atoms with Gasteiger partial charge in [-0.05, 0) is 30.2 Å². The van der Waals surface area contributed by atoms with E-state index in [9.17, 15) is 0 Å². The summed E-state index contributed by atoms with van der Waals surface area (Å²) in [5.41, 5.74) is 2.97. The molecular weight excluding hydrogens is 304 g/mol. The summed E-state index contributed by atoms with van der Waals surface area (Å²) in [5.74, 6) is 0.908. The number of aliphatic hydroxyl groups excluding tert-OH is 1. The summed E-state index contributed by atoms with van der Waals surface area (Å²) < 4.78 is 1.10. The zero-order valence-corrected chi connectivity index (χ0v) is 12.7. The predicted molar refractivity (Wildman–Crippen MR) is 81.1 cm³/mol. The fourth-order valence-electron chi connectivity index (χ4n) is 1.92. The van der Waals surface area contributed by atoms with Crippen molar-refractivity contribution in [1.29, 1.82) is 0 Å². The van der Waals surface area contributed by atoms with E-state index >= 15 is 0 Å². The van der Waals surface area contributed by atoms with E-state index in [1.54, 1.807) is 0 Å². The van der Waals surface area contributed by atoms with Gasteiger partial charge in [-0.2, -0.15) is 0 Å². The van der Waals surface area contributed by atoms with Crippen LogP contribution in [0.25, 0.3) is 0 Å². The number of pyridine rings is 1. The van der Waals surface area contributed by atoms with Gasteiger partial charge < -0.3 is 10.0 Å². The van der Waals surface area contributed by atoms with Crippen LogP contribution in [-0.2, 0) is 13.2 Å². The molecule has 1 aromatic heterocycles. The molecule has 4 heteroatoms. The van der Waals surface area contributed by atoms with Crippen LogP contribution in [-0.4, -0.2) is 17.1 Å². The van der Waals surface area contributed by atoms with Crippen LogP contribution in [0.4, 0.5) is 5.82 Å². The Morgan fingerprint density at radius 2 is 1.89 bits per heavy atom. The molecule has 0 fully saturated rings. The lowest BCUT2D eigenvalue weighted by Crippen LogP contribution is -2.18. The van der Waals surface area contributed by atoms with Gasteiger partial charge in [-0.1, -0.05) is 40.2 Å². The van der Waals surface area contributed by atoms with E-state index < -0.39 is 0 Å². The predicted octanol–water partition coefficient (Wildman–Crippen LogP) is 3.28. The number of rotatable bonds is 4. The van der Waals surface area contributed by atoms with Gasteiger partial charge in [0.25, 0.3) is 0 Å². The summed E-state index contributed by atoms with van der Waals surface area (Å²) in [5, 5.41) is 9.16. The van der Waals surface area contributed by atoms with Gasteiger partial charge >= 0.3 is 0 Å². The lowest BCUT2D eigenvalue weighted by Gasteiger charge is -2.20. The van der Waals surface area contributed by atoms with Crippen LogP contribution in [0.5, 0.6) is 0 Å². The number of aromatic nitrogens is 1. The maximum Gasteiger partial charge on any atom is 0.128 e. The van der Waals surface area contributed by atoms with Crippen molar-refractivity contribution in [2.24, 2.45) is 0 Å². The molecule has 100 valence electrons. The van der Waals surface area contributed by atoms with E-state index in [-0.39, 0.29) is 6.61 Å². The summed E-state index contributed by atoms with van der Waals surface area (Å²) in [6, 6.07) is 12.0. The second kappa shape index (κ2) is 6.17. The Bertz CT molecular complexity index is 572. The van der Waals surface area contributed by atoms with E-state index in [2.05, 4.69) is 31.9 Å². The average Bonchev–Trinajstić information content (AvgIpc) is 2.41. The number of aryl methyl sites for hydroxylation is 1. The molecule has 1 heterocycles. The van der Waals surface area contributed by atoms with E-state index in [1.165, 1.54) is 5.56 Å². The van der Waals surface area contributed by atoms with Gasteiger partial charge in [0.15, 0.2) is 0 Å². The fraction of sp³-hybridized carbons (Fsp3) is 0.267. The highest BCUT2D eigenvalue weighted by atomic mass is 79.9. The standard InChI is InChI=1S/C15H17BrN2O/c1-11-13(10-19)7-8-15(17-11)18(2)9-12-5-3-4-6-14(12)16/h3-8,19H,9-10H2,1-2H3. The van der Waals surface area contributed by atoms with Crippen LogP contribution < -0.4 is 4.90 Å². The third kappa shape index (κ3) is 3.33. The van der Waals surface area contributed by atoms with Gasteiger partial charge in [0, 0.05) is 23.8 Å². The number of benzene rings is 1. The minimum atomic E-state index is 0.0348. The normalized spacial score (nSPS) is 10.5. The molecule has 0 spiro atoms. The van der Waals surface area contributed by atoms with Crippen molar-refractivity contribution in [2.45, 2.75) is 20.1 Å². The molecule has 2 aromatic rings. The van der Waals surface area contributed by atoms with Crippen molar-refractivity contribution in [3.63, 3.8) is 0 Å². The minimum Gasteiger partial charge on any atom is -0.392 e. The van der Waals surface area contributed by atoms with Crippen molar-refractivity contribution in [1.82, 2.24) is 4.98 Å². The van der Waals surface area contributed by atoms with Crippen LogP contribution in [0.3, 0.4) is 0 Å². The first-order valence-electron chi connectivity index (χ1n) is 6.13. The second-order valence-electron chi connectivity index (χ2n) is 4.52. The van der Waals surface area contributed by atoms with Gasteiger partial charge in [0.2, 0.25) is 0 Å². The molecule has 0 radical (unpaired) electrons. The van der Waals surface area contributed by atoms with E-state index in [1.807, 2.05) is 44.3 Å². The highest BCUT2D eigenvalue weighted by Crippen LogP contribution is 2.20. The largest absolute Gasteiger partial charge is 0.392 e. The van der Waals surface area contributed by atoms with E-state index in [0.717, 1.165) is 28.1 Å². The molecule has 0 saturated carbocycles. The molecule has 0 aliphatic carbocycles. The van der Waals surface area contributed by atoms with Crippen LogP contribution in [0, 0.1) is 6.92 Å². The first-order chi connectivity index (χ1) is 9.11. The van der Waals surface area contributed by atoms with Crippen LogP contribution >= 0.6 is 15.9 Å². The van der Waals surface area contributed by atoms with Crippen molar-refractivity contribution in [3.05, 3.63) is 57.7 Å². The number of anilines is 1. The Kier molecular flexibility index (Phi) is 4.56. The maximum absolute atomic E-state index is 9.16. The quantitative estimate of drug-likeness (QED) is 0.939. The first-order valence-corrected chi connectivity index (χ1v) is 6.93. The van der Waals surface area contributed by atoms with Crippen molar-refractivity contribution < 1.29 is 5.11 Å². The van der Waals surface area contributed by atoms with Crippen molar-refractivity contribution in [2.75, 3.05) is 11.9 Å². The molecule has 1 N–H and O–H groups in total. The topological polar surface area (TPSA) is 36.4 Å². The molecule has 0 bridgehead atoms. The summed E-state index contributed by atoms with van der Waals surface area (Å²) in [4.78, 5) is 6.61. The highest BCUT2D eigenvalue weighted by molar-refractivity contribution is 9.10. The molecule has 0 aliphatic heterocycles. The minimum absolute atomic E-state index is 0.0348. The number of aliphatic hydroxyl groups is 1. The number of hydrogen-bond acceptors (Lipinski definition) is 3. The molecule has 1 aromatic carbocycles. The summed E-state index contributed by atoms with van der Waals surface area (Å²) >= 11 is 3.55. The van der Waals surface area contributed by atoms with E-state index in [0.29, 0.717) is 0 Å². The van der Waals surface area contributed by atoms with Gasteiger partial charge in [-0.3, -0.25) is 0 Å². The molecular formula is C15H17BrN2O. The zero-order chi connectivity index (χ0) is 13.8. The molecule has 3 nitrogen and oxygen atoms in total. The van der Waals surface area contributed by atoms with Crippen LogP contribution in [0.2, 0.25) is 0 Å². The maximum atomic E-state index is 9.16. The fourth-order valence-corrected chi connectivity index (χ4v) is 2.33. The third-order valence-electron chi connectivity index (χ3n) is 3.11. The molecule has 19 heavy (non-hydrogen) atoms. The Labute approximate surface area is 122 Å². The summed E-state index contributed by atoms with van der Waals surface area (Å²) in [7, 11) is 2.01. The monoisotopic (exact) mass is 320 g/mol. The Balaban J connectivity index is 2.18. The second-order valence-corrected chi connectivity index (χ2v) is 5.37. The molecule has 2 rings (SSSR count). The number of hydrogen-bond donors (Lipinski definition) is 1. The molecule has 0 unspecified atom stereocenters. The lowest BCUT2D eigenvalue weighted by atomic mass is 10.2. The van der Waals surface area contributed by atoms with Gasteiger partial charge in [0.05, 0.1) is 6.61 Å². The lowest BCUT2D eigenvalue weighted by molar-refractivity contribution is 0.280. The van der Waals surface area contributed by atoms with Crippen molar-refractivity contribution in [3.8, 4) is 0 Å². The molecule has 0 saturated heterocycles. The van der Waals surface area contributed by atoms with E-state index in [4.69, 9.17) is 5.11 Å². The Morgan fingerprint density at radius 1 is 1.16 bits per heavy atom. The Hall–Kier alpha value is -1.39. The SMILES string of the molecule is Cc1nc(N(C)Cc2ccccc2Br)ccc1CO. The average molecular weight is 321 g/mol. The first kappa shape index (κ1) is 14.0. The highest BCUT2D eigenvalue weighted by Gasteiger charge is 2.07. The summed E-state index contributed by atoms with van der Waals surface area (Å²) in [6.45, 7) is 2.74. The van der Waals surface area contributed by atoms with Crippen LogP contribution in [0.1, 0.15) is 16.8 Å². The van der Waals surface area contributed by atoms with Crippen molar-refractivity contribution >= 4 is 21.7 Å².